The maximum absolute atomic E-state index is 12.0. The smallest absolute Gasteiger partial charge is 0.0123 e. The van der Waals surface area contributed by atoms with Crippen LogP contribution in [0.15, 0.2) is 18.2 Å². The van der Waals surface area contributed by atoms with Crippen LogP contribution in [0.2, 0.25) is 5.02 Å². The Labute approximate surface area is 70.8 Å². The first-order chi connectivity index (χ1) is 3.79. The Morgan fingerprint density at radius 1 is 1.44 bits per heavy atom. The quantitative estimate of drug-likeness (QED) is 0.475. The molecule has 0 saturated heterocycles. The van der Waals surface area contributed by atoms with E-state index in [0.29, 0.717) is 5.02 Å². The van der Waals surface area contributed by atoms with E-state index in [-0.39, 0.29) is 19.5 Å². The summed E-state index contributed by atoms with van der Waals surface area (Å²) in [4.78, 5) is 0. The second kappa shape index (κ2) is 3.97. The van der Waals surface area contributed by atoms with E-state index in [2.05, 4.69) is 6.07 Å². The van der Waals surface area contributed by atoms with Gasteiger partial charge in [0.15, 0.2) is 0 Å². The van der Waals surface area contributed by atoms with E-state index >= 15 is 0 Å². The van der Waals surface area contributed by atoms with Crippen LogP contribution in [-0.4, -0.2) is 0 Å². The van der Waals surface area contributed by atoms with Crippen molar-refractivity contribution in [3.63, 3.8) is 0 Å². The van der Waals surface area contributed by atoms with Crippen molar-refractivity contribution < 1.29 is 23.9 Å². The number of hydrogen-bond donors (Lipinski definition) is 0. The van der Waals surface area contributed by atoms with Crippen LogP contribution in [0.25, 0.3) is 0 Å². The van der Waals surface area contributed by atoms with Crippen molar-refractivity contribution in [2.75, 3.05) is 0 Å². The number of rotatable bonds is 0. The topological polar surface area (TPSA) is 0 Å². The Morgan fingerprint density at radius 2 is 2.11 bits per heavy atom. The zero-order chi connectivity index (χ0) is 5.98. The Morgan fingerprint density at radius 3 is 2.44 bits per heavy atom. The fourth-order valence-electron chi connectivity index (χ4n) is 0.414. The minimum absolute atomic E-state index is 0. The van der Waals surface area contributed by atoms with Crippen molar-refractivity contribution in [2.45, 2.75) is 0 Å². The van der Waals surface area contributed by atoms with Crippen molar-refractivity contribution in [3.05, 3.63) is 35.1 Å². The first kappa shape index (κ1) is 9.06. The van der Waals surface area contributed by atoms with Gasteiger partial charge in [0.05, 0.1) is 0 Å². The van der Waals surface area contributed by atoms with Crippen LogP contribution in [0, 0.1) is 11.9 Å². The van der Waals surface area contributed by atoms with Gasteiger partial charge in [-0.1, -0.05) is 5.02 Å². The minimum atomic E-state index is -0.419. The molecule has 1 rings (SSSR count). The van der Waals surface area contributed by atoms with Crippen LogP contribution in [0.5, 0.6) is 0 Å². The van der Waals surface area contributed by atoms with Crippen molar-refractivity contribution in [1.82, 2.24) is 0 Å². The third kappa shape index (κ3) is 2.93. The molecular formula is C6H3ClFRh-. The van der Waals surface area contributed by atoms with E-state index in [9.17, 15) is 4.39 Å². The summed E-state index contributed by atoms with van der Waals surface area (Å²) in [5.74, 6) is -0.419. The van der Waals surface area contributed by atoms with E-state index in [1.165, 1.54) is 12.1 Å². The van der Waals surface area contributed by atoms with Crippen LogP contribution in [0.1, 0.15) is 0 Å². The van der Waals surface area contributed by atoms with Gasteiger partial charge >= 0.3 is 0 Å². The zero-order valence-corrected chi connectivity index (χ0v) is 6.72. The molecule has 0 N–H and O–H groups in total. The van der Waals surface area contributed by atoms with E-state index in [4.69, 9.17) is 11.6 Å². The average Bonchev–Trinajstić information content (AvgIpc) is 1.64. The molecule has 0 amide bonds. The minimum Gasteiger partial charge on any atom is -0.236 e. The summed E-state index contributed by atoms with van der Waals surface area (Å²) >= 11 is 5.35. The van der Waals surface area contributed by atoms with Crippen molar-refractivity contribution in [3.8, 4) is 0 Å². The first-order valence-corrected chi connectivity index (χ1v) is 2.50. The van der Waals surface area contributed by atoms with E-state index in [1.54, 1.807) is 6.07 Å². The van der Waals surface area contributed by atoms with Crippen LogP contribution in [0.3, 0.4) is 0 Å². The van der Waals surface area contributed by atoms with Crippen molar-refractivity contribution >= 4 is 11.6 Å². The van der Waals surface area contributed by atoms with E-state index in [0.717, 1.165) is 0 Å². The SMILES string of the molecule is Fc1[c-]c(Cl)ccc1.[Rh]. The maximum atomic E-state index is 12.0. The molecule has 3 heteroatoms. The number of hydrogen-bond acceptors (Lipinski definition) is 0. The van der Waals surface area contributed by atoms with Gasteiger partial charge in [0.25, 0.3) is 0 Å². The molecule has 1 aromatic carbocycles. The molecule has 0 atom stereocenters. The molecule has 0 unspecified atom stereocenters. The molecule has 0 aliphatic heterocycles. The molecule has 1 radical (unpaired) electrons. The van der Waals surface area contributed by atoms with Gasteiger partial charge in [0, 0.05) is 25.3 Å². The molecular weight excluding hydrogens is 229 g/mol. The van der Waals surface area contributed by atoms with Crippen LogP contribution < -0.4 is 0 Å². The molecule has 0 aliphatic rings. The molecule has 51 valence electrons. The summed E-state index contributed by atoms with van der Waals surface area (Å²) in [5.41, 5.74) is 0. The van der Waals surface area contributed by atoms with Gasteiger partial charge in [-0.2, -0.15) is 12.1 Å². The Balaban J connectivity index is 0.000000640. The Kier molecular flexibility index (Phi) is 4.00. The van der Waals surface area contributed by atoms with Gasteiger partial charge in [-0.15, -0.1) is 23.7 Å². The molecule has 0 spiro atoms. The van der Waals surface area contributed by atoms with Crippen LogP contribution in [-0.2, 0) is 19.5 Å². The van der Waals surface area contributed by atoms with E-state index in [1.807, 2.05) is 0 Å². The van der Waals surface area contributed by atoms with Gasteiger partial charge in [0.1, 0.15) is 0 Å². The monoisotopic (exact) mass is 232 g/mol. The van der Waals surface area contributed by atoms with Gasteiger partial charge in [-0.25, -0.2) is 4.39 Å². The molecule has 0 fully saturated rings. The Hall–Kier alpha value is 0.0634. The molecule has 0 saturated carbocycles. The standard InChI is InChI=1S/C6H3ClF.Rh/c7-5-2-1-3-6(8)4-5;/h1-3H;/q-1;. The summed E-state index contributed by atoms with van der Waals surface area (Å²) in [6.07, 6.45) is 0. The third-order valence-electron chi connectivity index (χ3n) is 0.724. The summed E-state index contributed by atoms with van der Waals surface area (Å²) in [6.45, 7) is 0. The van der Waals surface area contributed by atoms with Gasteiger partial charge in [-0.05, 0) is 0 Å². The fraction of sp³-hybridized carbons (Fsp3) is 0. The van der Waals surface area contributed by atoms with Crippen LogP contribution >= 0.6 is 11.6 Å². The third-order valence-corrected chi connectivity index (χ3v) is 0.944. The molecule has 0 aliphatic carbocycles. The molecule has 0 aromatic heterocycles. The summed E-state index contributed by atoms with van der Waals surface area (Å²) < 4.78 is 12.0. The molecule has 1 aromatic rings. The second-order valence-electron chi connectivity index (χ2n) is 1.35. The molecule has 9 heavy (non-hydrogen) atoms. The second-order valence-corrected chi connectivity index (χ2v) is 1.75. The first-order valence-electron chi connectivity index (χ1n) is 2.12. The summed E-state index contributed by atoms with van der Waals surface area (Å²) in [5, 5.41) is 0.310. The predicted octanol–water partition coefficient (Wildman–Crippen LogP) is 2.28. The average molecular weight is 232 g/mol. The number of benzene rings is 1. The molecule has 0 bridgehead atoms. The zero-order valence-electron chi connectivity index (χ0n) is 4.32. The molecule has 0 heterocycles. The van der Waals surface area contributed by atoms with Gasteiger partial charge in [-0.3, -0.25) is 0 Å². The number of halogens is 2. The summed E-state index contributed by atoms with van der Waals surface area (Å²) in [7, 11) is 0. The maximum Gasteiger partial charge on any atom is 0.0123 e. The largest absolute Gasteiger partial charge is 0.236 e. The van der Waals surface area contributed by atoms with Gasteiger partial charge in [0.2, 0.25) is 0 Å². The summed E-state index contributed by atoms with van der Waals surface area (Å²) in [6, 6.07) is 6.68. The van der Waals surface area contributed by atoms with Crippen molar-refractivity contribution in [1.29, 1.82) is 0 Å². The predicted molar refractivity (Wildman–Crippen MR) is 30.2 cm³/mol. The van der Waals surface area contributed by atoms with Crippen LogP contribution in [0.4, 0.5) is 4.39 Å². The Bertz CT molecular complexity index is 173. The fourth-order valence-corrected chi connectivity index (χ4v) is 0.577. The van der Waals surface area contributed by atoms with Gasteiger partial charge < -0.3 is 0 Å². The normalized spacial score (nSPS) is 8.22. The molecule has 0 nitrogen and oxygen atoms in total. The van der Waals surface area contributed by atoms with E-state index < -0.39 is 5.82 Å². The van der Waals surface area contributed by atoms with Crippen molar-refractivity contribution in [2.24, 2.45) is 0 Å².